The number of carbonyl (C=O) groups excluding carboxylic acids is 1. The third kappa shape index (κ3) is 2.62. The number of carboxylic acids is 1. The Balaban J connectivity index is 1.85. The lowest BCUT2D eigenvalue weighted by Gasteiger charge is -2.28. The lowest BCUT2D eigenvalue weighted by molar-refractivity contribution is -0.137. The highest BCUT2D eigenvalue weighted by atomic mass is 16.4. The van der Waals surface area contributed by atoms with Crippen molar-refractivity contribution in [3.05, 3.63) is 58.9 Å². The minimum absolute atomic E-state index is 0.0164. The highest BCUT2D eigenvalue weighted by Crippen LogP contribution is 2.24. The minimum atomic E-state index is -0.888. The van der Waals surface area contributed by atoms with Crippen molar-refractivity contribution >= 4 is 11.9 Å². The predicted octanol–water partition coefficient (Wildman–Crippen LogP) is 2.08. The monoisotopic (exact) mass is 298 g/mol. The number of hydrogen-bond donors (Lipinski definition) is 1. The molecule has 1 aliphatic heterocycles. The van der Waals surface area contributed by atoms with Gasteiger partial charge in [0.05, 0.1) is 5.56 Å². The molecule has 114 valence electrons. The Bertz CT molecular complexity index is 719. The molecule has 2 aromatic rings. The second-order valence-electron chi connectivity index (χ2n) is 5.59. The van der Waals surface area contributed by atoms with Gasteiger partial charge in [0, 0.05) is 30.9 Å². The molecule has 1 aliphatic rings. The first kappa shape index (κ1) is 14.4. The molecule has 1 N–H and O–H groups in total. The molecular weight excluding hydrogens is 280 g/mol. The average Bonchev–Trinajstić information content (AvgIpc) is 2.80. The fourth-order valence-electron chi connectivity index (χ4n) is 3.01. The summed E-state index contributed by atoms with van der Waals surface area (Å²) < 4.78 is 1.73. The van der Waals surface area contributed by atoms with Gasteiger partial charge in [-0.2, -0.15) is 0 Å². The van der Waals surface area contributed by atoms with Crippen LogP contribution in [0.4, 0.5) is 0 Å². The number of aromatic nitrogens is 1. The number of carboxylic acid groups (broad SMARTS) is 1. The van der Waals surface area contributed by atoms with Crippen LogP contribution in [-0.2, 0) is 24.3 Å². The molecular formula is C17H18N2O3. The van der Waals surface area contributed by atoms with Gasteiger partial charge in [-0.15, -0.1) is 0 Å². The number of aliphatic carboxylic acids is 1. The van der Waals surface area contributed by atoms with E-state index in [9.17, 15) is 9.59 Å². The number of carbonyl (C=O) groups is 2. The Hall–Kier alpha value is -2.56. The summed E-state index contributed by atoms with van der Waals surface area (Å²) in [6, 6.07) is 11.7. The maximum atomic E-state index is 12.6. The van der Waals surface area contributed by atoms with E-state index >= 15 is 0 Å². The zero-order valence-corrected chi connectivity index (χ0v) is 12.5. The first-order valence-electron chi connectivity index (χ1n) is 7.30. The number of rotatable bonds is 4. The Morgan fingerprint density at radius 3 is 2.68 bits per heavy atom. The number of nitrogens with zero attached hydrogens (tertiary/aromatic N) is 2. The molecule has 0 atom stereocenters. The van der Waals surface area contributed by atoms with E-state index in [0.29, 0.717) is 25.1 Å². The number of hydrogen-bond acceptors (Lipinski definition) is 2. The highest BCUT2D eigenvalue weighted by Gasteiger charge is 2.28. The zero-order chi connectivity index (χ0) is 15.7. The highest BCUT2D eigenvalue weighted by molar-refractivity contribution is 5.97. The Kier molecular flexibility index (Phi) is 3.71. The van der Waals surface area contributed by atoms with Crippen LogP contribution in [-0.4, -0.2) is 33.0 Å². The second kappa shape index (κ2) is 5.67. The lowest BCUT2D eigenvalue weighted by atomic mass is 10.1. The van der Waals surface area contributed by atoms with E-state index in [1.165, 1.54) is 0 Å². The topological polar surface area (TPSA) is 62.5 Å². The number of benzene rings is 1. The van der Waals surface area contributed by atoms with E-state index in [1.54, 1.807) is 10.6 Å². The van der Waals surface area contributed by atoms with E-state index in [2.05, 4.69) is 0 Å². The number of amides is 1. The smallest absolute Gasteiger partial charge is 0.323 e. The van der Waals surface area contributed by atoms with Gasteiger partial charge >= 0.3 is 5.97 Å². The van der Waals surface area contributed by atoms with Crippen LogP contribution in [0.1, 0.15) is 27.3 Å². The summed E-state index contributed by atoms with van der Waals surface area (Å²) >= 11 is 0. The Labute approximate surface area is 128 Å². The van der Waals surface area contributed by atoms with Gasteiger partial charge in [-0.1, -0.05) is 30.3 Å². The van der Waals surface area contributed by atoms with Crippen molar-refractivity contribution < 1.29 is 14.7 Å². The zero-order valence-electron chi connectivity index (χ0n) is 12.5. The second-order valence-corrected chi connectivity index (χ2v) is 5.59. The molecule has 1 amide bonds. The minimum Gasteiger partial charge on any atom is -0.480 e. The van der Waals surface area contributed by atoms with Crippen LogP contribution in [0.5, 0.6) is 0 Å². The fraction of sp³-hybridized carbons (Fsp3) is 0.294. The first-order chi connectivity index (χ1) is 10.6. The van der Waals surface area contributed by atoms with Crippen LogP contribution < -0.4 is 0 Å². The summed E-state index contributed by atoms with van der Waals surface area (Å²) in [5, 5.41) is 9.01. The van der Waals surface area contributed by atoms with Gasteiger partial charge in [-0.25, -0.2) is 0 Å². The fourth-order valence-corrected chi connectivity index (χ4v) is 3.01. The molecule has 3 rings (SSSR count). The molecule has 0 fully saturated rings. The summed E-state index contributed by atoms with van der Waals surface area (Å²) in [5.74, 6) is -0.905. The SMILES string of the molecule is Cc1cc2c(n1CC(=O)O)CCN(Cc1ccccc1)C2=O. The maximum Gasteiger partial charge on any atom is 0.323 e. The van der Waals surface area contributed by atoms with Crippen molar-refractivity contribution in [2.75, 3.05) is 6.54 Å². The quantitative estimate of drug-likeness (QED) is 0.940. The molecule has 1 aromatic carbocycles. The van der Waals surface area contributed by atoms with Crippen molar-refractivity contribution in [3.63, 3.8) is 0 Å². The molecule has 5 heteroatoms. The van der Waals surface area contributed by atoms with E-state index in [-0.39, 0.29) is 12.5 Å². The largest absolute Gasteiger partial charge is 0.480 e. The van der Waals surface area contributed by atoms with Crippen LogP contribution in [0, 0.1) is 6.92 Å². The Morgan fingerprint density at radius 2 is 2.00 bits per heavy atom. The van der Waals surface area contributed by atoms with Crippen molar-refractivity contribution in [1.29, 1.82) is 0 Å². The average molecular weight is 298 g/mol. The van der Waals surface area contributed by atoms with Crippen LogP contribution in [0.15, 0.2) is 36.4 Å². The molecule has 0 spiro atoms. The first-order valence-corrected chi connectivity index (χ1v) is 7.30. The van der Waals surface area contributed by atoms with Crippen LogP contribution in [0.3, 0.4) is 0 Å². The molecule has 2 heterocycles. The maximum absolute atomic E-state index is 12.6. The Morgan fingerprint density at radius 1 is 1.27 bits per heavy atom. The van der Waals surface area contributed by atoms with Crippen LogP contribution >= 0.6 is 0 Å². The van der Waals surface area contributed by atoms with Gasteiger partial charge in [0.2, 0.25) is 0 Å². The van der Waals surface area contributed by atoms with Crippen molar-refractivity contribution in [2.24, 2.45) is 0 Å². The van der Waals surface area contributed by atoms with Crippen LogP contribution in [0.2, 0.25) is 0 Å². The van der Waals surface area contributed by atoms with E-state index in [1.807, 2.05) is 42.2 Å². The molecule has 22 heavy (non-hydrogen) atoms. The third-order valence-electron chi connectivity index (χ3n) is 4.06. The molecule has 0 bridgehead atoms. The van der Waals surface area contributed by atoms with Crippen molar-refractivity contribution in [3.8, 4) is 0 Å². The number of aryl methyl sites for hydroxylation is 1. The molecule has 0 unspecified atom stereocenters. The molecule has 5 nitrogen and oxygen atoms in total. The van der Waals surface area contributed by atoms with E-state index < -0.39 is 5.97 Å². The van der Waals surface area contributed by atoms with Gasteiger partial charge in [0.1, 0.15) is 6.54 Å². The molecule has 1 aromatic heterocycles. The summed E-state index contributed by atoms with van der Waals surface area (Å²) in [5.41, 5.74) is 3.40. The molecule has 0 radical (unpaired) electrons. The molecule has 0 aliphatic carbocycles. The summed E-state index contributed by atoms with van der Waals surface area (Å²) in [6.07, 6.45) is 0.690. The van der Waals surface area contributed by atoms with Gasteiger partial charge in [0.25, 0.3) is 5.91 Å². The van der Waals surface area contributed by atoms with Gasteiger partial charge in [0.15, 0.2) is 0 Å². The summed E-state index contributed by atoms with van der Waals surface area (Å²) in [4.78, 5) is 25.4. The van der Waals surface area contributed by atoms with E-state index in [4.69, 9.17) is 5.11 Å². The van der Waals surface area contributed by atoms with Gasteiger partial charge in [-0.3, -0.25) is 9.59 Å². The van der Waals surface area contributed by atoms with Crippen molar-refractivity contribution in [1.82, 2.24) is 9.47 Å². The number of fused-ring (bicyclic) bond motifs is 1. The summed E-state index contributed by atoms with van der Waals surface area (Å²) in [6.45, 7) is 2.95. The molecule has 0 saturated heterocycles. The van der Waals surface area contributed by atoms with Gasteiger partial charge in [-0.05, 0) is 18.6 Å². The lowest BCUT2D eigenvalue weighted by Crippen LogP contribution is -2.37. The van der Waals surface area contributed by atoms with Crippen molar-refractivity contribution in [2.45, 2.75) is 26.4 Å². The standard InChI is InChI=1S/C17H18N2O3/c1-12-9-14-15(19(12)11-16(20)21)7-8-18(17(14)22)10-13-5-3-2-4-6-13/h2-6,9H,7-8,10-11H2,1H3,(H,20,21). The normalized spacial score (nSPS) is 14.0. The summed E-state index contributed by atoms with van der Waals surface area (Å²) in [7, 11) is 0. The van der Waals surface area contributed by atoms with E-state index in [0.717, 1.165) is 17.0 Å². The van der Waals surface area contributed by atoms with Gasteiger partial charge < -0.3 is 14.6 Å². The van der Waals surface area contributed by atoms with Crippen LogP contribution in [0.25, 0.3) is 0 Å². The third-order valence-corrected chi connectivity index (χ3v) is 4.06. The molecule has 0 saturated carbocycles. The predicted molar refractivity (Wildman–Crippen MR) is 81.7 cm³/mol.